The molecule has 0 aromatic heterocycles. The predicted molar refractivity (Wildman–Crippen MR) is 159 cm³/mol. The number of hydrogen-bond acceptors (Lipinski definition) is 5. The molecule has 0 bridgehead atoms. The number of anilines is 1. The molecule has 1 unspecified atom stereocenters. The lowest BCUT2D eigenvalue weighted by Crippen LogP contribution is -2.51. The van der Waals surface area contributed by atoms with Gasteiger partial charge in [0.1, 0.15) is 11.8 Å². The number of sulfonamides is 1. The normalized spacial score (nSPS) is 12.0. The molecule has 9 heteroatoms. The van der Waals surface area contributed by atoms with E-state index in [9.17, 15) is 18.0 Å². The molecule has 3 aromatic carbocycles. The lowest BCUT2D eigenvalue weighted by molar-refractivity contribution is -0.141. The summed E-state index contributed by atoms with van der Waals surface area (Å²) in [5, 5.41) is 2.98. The number of nitrogens with one attached hydrogen (secondary N) is 1. The van der Waals surface area contributed by atoms with Gasteiger partial charge >= 0.3 is 0 Å². The Morgan fingerprint density at radius 1 is 0.900 bits per heavy atom. The molecule has 0 aliphatic rings. The minimum atomic E-state index is -3.60. The largest absolute Gasteiger partial charge is 0.497 e. The molecule has 0 fully saturated rings. The number of methoxy groups -OCH3 is 1. The van der Waals surface area contributed by atoms with E-state index in [2.05, 4.69) is 5.32 Å². The zero-order valence-electron chi connectivity index (χ0n) is 23.6. The van der Waals surface area contributed by atoms with Crippen molar-refractivity contribution in [3.05, 3.63) is 96.1 Å². The van der Waals surface area contributed by atoms with Gasteiger partial charge in [-0.25, -0.2) is 8.42 Å². The molecular weight excluding hydrogens is 526 g/mol. The zero-order chi connectivity index (χ0) is 29.1. The Bertz CT molecular complexity index is 1350. The van der Waals surface area contributed by atoms with E-state index < -0.39 is 16.1 Å². The number of carbonyl (C=O) groups is 2. The second-order valence-electron chi connectivity index (χ2n) is 10.0. The number of carbonyl (C=O) groups excluding carboxylic acids is 2. The minimum absolute atomic E-state index is 0.0725. The smallest absolute Gasteiger partial charge is 0.243 e. The molecule has 214 valence electrons. The molecule has 0 aliphatic carbocycles. The second-order valence-corrected chi connectivity index (χ2v) is 11.9. The summed E-state index contributed by atoms with van der Waals surface area (Å²) in [5.74, 6) is 0.0937. The standard InChI is InChI=1S/C31H39N3O5S/c1-24(2)32-31(36)29(21-25-13-7-5-8-14-25)33(23-26-15-9-6-10-16-26)30(35)19-12-20-34(40(4,37)38)27-17-11-18-28(22-27)39-3/h5-11,13-18,22,24,29H,12,19-21,23H2,1-4H3,(H,32,36). The SMILES string of the molecule is COc1cccc(N(CCCC(=O)N(Cc2ccccc2)C(Cc2ccccc2)C(=O)NC(C)C)S(C)(=O)=O)c1. The topological polar surface area (TPSA) is 96.0 Å². The predicted octanol–water partition coefficient (Wildman–Crippen LogP) is 4.41. The van der Waals surface area contributed by atoms with Crippen molar-refractivity contribution in [3.8, 4) is 5.75 Å². The van der Waals surface area contributed by atoms with Gasteiger partial charge in [0.2, 0.25) is 21.8 Å². The third kappa shape index (κ3) is 9.12. The van der Waals surface area contributed by atoms with E-state index in [4.69, 9.17) is 4.74 Å². The Kier molecular flexibility index (Phi) is 11.1. The fraction of sp³-hybridized carbons (Fsp3) is 0.355. The fourth-order valence-corrected chi connectivity index (χ4v) is 5.44. The van der Waals surface area contributed by atoms with E-state index in [1.54, 1.807) is 29.2 Å². The van der Waals surface area contributed by atoms with Crippen molar-refractivity contribution >= 4 is 27.5 Å². The summed E-state index contributed by atoms with van der Waals surface area (Å²) < 4.78 is 31.8. The molecule has 1 atom stereocenters. The third-order valence-electron chi connectivity index (χ3n) is 6.39. The Morgan fingerprint density at radius 2 is 1.52 bits per heavy atom. The van der Waals surface area contributed by atoms with E-state index >= 15 is 0 Å². The molecule has 0 radical (unpaired) electrons. The van der Waals surface area contributed by atoms with Gasteiger partial charge in [-0.1, -0.05) is 66.7 Å². The number of ether oxygens (including phenoxy) is 1. The van der Waals surface area contributed by atoms with Crippen LogP contribution in [0.3, 0.4) is 0 Å². The molecule has 40 heavy (non-hydrogen) atoms. The number of amides is 2. The summed E-state index contributed by atoms with van der Waals surface area (Å²) in [4.78, 5) is 28.9. The van der Waals surface area contributed by atoms with E-state index in [1.165, 1.54) is 11.4 Å². The summed E-state index contributed by atoms with van der Waals surface area (Å²) in [6, 6.07) is 25.2. The van der Waals surface area contributed by atoms with Crippen LogP contribution in [-0.2, 0) is 32.6 Å². The van der Waals surface area contributed by atoms with Crippen molar-refractivity contribution < 1.29 is 22.7 Å². The molecule has 8 nitrogen and oxygen atoms in total. The lowest BCUT2D eigenvalue weighted by atomic mass is 10.0. The quantitative estimate of drug-likeness (QED) is 0.313. The van der Waals surface area contributed by atoms with Crippen molar-refractivity contribution in [3.63, 3.8) is 0 Å². The first kappa shape index (κ1) is 30.7. The summed E-state index contributed by atoms with van der Waals surface area (Å²) in [6.07, 6.45) is 1.85. The summed E-state index contributed by atoms with van der Waals surface area (Å²) in [5.41, 5.74) is 2.31. The van der Waals surface area contributed by atoms with Gasteiger partial charge in [-0.2, -0.15) is 0 Å². The minimum Gasteiger partial charge on any atom is -0.497 e. The first-order valence-electron chi connectivity index (χ1n) is 13.4. The van der Waals surface area contributed by atoms with Crippen molar-refractivity contribution in [2.24, 2.45) is 0 Å². The van der Waals surface area contributed by atoms with Crippen molar-refractivity contribution in [1.82, 2.24) is 10.2 Å². The van der Waals surface area contributed by atoms with Crippen LogP contribution in [-0.4, -0.2) is 57.1 Å². The molecule has 3 rings (SSSR count). The molecule has 1 N–H and O–H groups in total. The molecule has 0 saturated carbocycles. The highest BCUT2D eigenvalue weighted by molar-refractivity contribution is 7.92. The van der Waals surface area contributed by atoms with Gasteiger partial charge in [-0.05, 0) is 43.5 Å². The van der Waals surface area contributed by atoms with Crippen LogP contribution in [0, 0.1) is 0 Å². The van der Waals surface area contributed by atoms with Gasteiger partial charge in [-0.3, -0.25) is 13.9 Å². The van der Waals surface area contributed by atoms with Crippen molar-refractivity contribution in [2.75, 3.05) is 24.2 Å². The Hall–Kier alpha value is -3.85. The average molecular weight is 566 g/mol. The van der Waals surface area contributed by atoms with Gasteiger partial charge in [0.15, 0.2) is 0 Å². The van der Waals surface area contributed by atoms with E-state index in [0.717, 1.165) is 17.4 Å². The van der Waals surface area contributed by atoms with Gasteiger partial charge in [0.05, 0.1) is 19.1 Å². The first-order chi connectivity index (χ1) is 19.1. The van der Waals surface area contributed by atoms with Gasteiger partial charge in [-0.15, -0.1) is 0 Å². The van der Waals surface area contributed by atoms with Crippen LogP contribution in [0.4, 0.5) is 5.69 Å². The molecule has 0 spiro atoms. The Balaban J connectivity index is 1.86. The average Bonchev–Trinajstić information content (AvgIpc) is 2.93. The van der Waals surface area contributed by atoms with E-state index in [-0.39, 0.29) is 43.8 Å². The first-order valence-corrected chi connectivity index (χ1v) is 15.2. The summed E-state index contributed by atoms with van der Waals surface area (Å²) >= 11 is 0. The summed E-state index contributed by atoms with van der Waals surface area (Å²) in [7, 11) is -2.09. The second kappa shape index (κ2) is 14.5. The highest BCUT2D eigenvalue weighted by Gasteiger charge is 2.31. The van der Waals surface area contributed by atoms with E-state index in [0.29, 0.717) is 17.9 Å². The summed E-state index contributed by atoms with van der Waals surface area (Å²) in [6.45, 7) is 4.14. The Morgan fingerprint density at radius 3 is 2.10 bits per heavy atom. The molecule has 0 heterocycles. The van der Waals surface area contributed by atoms with Gasteiger partial charge in [0.25, 0.3) is 0 Å². The maximum absolute atomic E-state index is 13.8. The highest BCUT2D eigenvalue weighted by atomic mass is 32.2. The van der Waals surface area contributed by atoms with Crippen LogP contribution in [0.2, 0.25) is 0 Å². The van der Waals surface area contributed by atoms with Crippen molar-refractivity contribution in [1.29, 1.82) is 0 Å². The maximum atomic E-state index is 13.8. The van der Waals surface area contributed by atoms with Crippen LogP contribution in [0.25, 0.3) is 0 Å². The van der Waals surface area contributed by atoms with Gasteiger partial charge < -0.3 is 15.0 Å². The monoisotopic (exact) mass is 565 g/mol. The zero-order valence-corrected chi connectivity index (χ0v) is 24.4. The molecular formula is C31H39N3O5S. The van der Waals surface area contributed by atoms with E-state index in [1.807, 2.05) is 74.5 Å². The molecule has 0 aliphatic heterocycles. The number of hydrogen-bond donors (Lipinski definition) is 1. The molecule has 2 amide bonds. The number of benzene rings is 3. The van der Waals surface area contributed by atoms with Crippen LogP contribution < -0.4 is 14.4 Å². The third-order valence-corrected chi connectivity index (χ3v) is 7.59. The number of nitrogens with zero attached hydrogens (tertiary/aromatic N) is 2. The van der Waals surface area contributed by atoms with Crippen molar-refractivity contribution in [2.45, 2.75) is 51.7 Å². The van der Waals surface area contributed by atoms with Crippen LogP contribution in [0.5, 0.6) is 5.75 Å². The fourth-order valence-electron chi connectivity index (χ4n) is 4.48. The van der Waals surface area contributed by atoms with Gasteiger partial charge in [0, 0.05) is 38.0 Å². The van der Waals surface area contributed by atoms with Crippen LogP contribution >= 0.6 is 0 Å². The molecule has 3 aromatic rings. The van der Waals surface area contributed by atoms with Crippen LogP contribution in [0.1, 0.15) is 37.8 Å². The maximum Gasteiger partial charge on any atom is 0.243 e. The van der Waals surface area contributed by atoms with Crippen LogP contribution in [0.15, 0.2) is 84.9 Å². The number of rotatable bonds is 14. The Labute approximate surface area is 238 Å². The lowest BCUT2D eigenvalue weighted by Gasteiger charge is -2.32. The highest BCUT2D eigenvalue weighted by Crippen LogP contribution is 2.24. The molecule has 0 saturated heterocycles.